The predicted octanol–water partition coefficient (Wildman–Crippen LogP) is -3.05. The first-order valence-corrected chi connectivity index (χ1v) is 4.53. The topological polar surface area (TPSA) is 90.2 Å². The molecule has 1 heterocycles. The van der Waals surface area contributed by atoms with Gasteiger partial charge in [0.1, 0.15) is 0 Å². The second-order valence-corrected chi connectivity index (χ2v) is 3.67. The molecule has 0 aromatic heterocycles. The zero-order valence-electron chi connectivity index (χ0n) is 8.81. The van der Waals surface area contributed by atoms with Crippen LogP contribution >= 0.6 is 0 Å². The Labute approximate surface area is 268 Å². The SMILES string of the molecule is OCC1OC([Se])C(O)C(O)C1O.[Ac].[Ac].[Ac].[Ac].[Au]. The Balaban J connectivity index is -0.0000000960. The molecule has 0 aromatic carbocycles. The van der Waals surface area contributed by atoms with E-state index in [0.717, 1.165) is 0 Å². The molecule has 1 saturated heterocycles. The Bertz CT molecular complexity index is 169. The van der Waals surface area contributed by atoms with Gasteiger partial charge in [0.25, 0.3) is 0 Å². The number of rotatable bonds is 1. The van der Waals surface area contributed by atoms with E-state index in [1.807, 2.05) is 0 Å². The van der Waals surface area contributed by atoms with Gasteiger partial charge in [0.15, 0.2) is 0 Å². The van der Waals surface area contributed by atoms with E-state index in [2.05, 4.69) is 16.0 Å². The van der Waals surface area contributed by atoms with Crippen molar-refractivity contribution < 1.29 is 224 Å². The van der Waals surface area contributed by atoms with Gasteiger partial charge in [-0.3, -0.25) is 0 Å². The fraction of sp³-hybridized carbons (Fsp3) is 1.00. The predicted molar refractivity (Wildman–Crippen MR) is 39.5 cm³/mol. The quantitative estimate of drug-likeness (QED) is 0.210. The molecule has 1 aliphatic rings. The van der Waals surface area contributed by atoms with E-state index < -0.39 is 29.4 Å². The van der Waals surface area contributed by atoms with Crippen LogP contribution in [-0.2, 0) is 27.1 Å². The molecule has 0 saturated carbocycles. The first-order chi connectivity index (χ1) is 5.57. The van der Waals surface area contributed by atoms with Gasteiger partial charge in [-0.2, -0.15) is 0 Å². The number of hydrogen-bond acceptors (Lipinski definition) is 5. The van der Waals surface area contributed by atoms with Crippen molar-refractivity contribution in [1.82, 2.24) is 0 Å². The zero-order valence-corrected chi connectivity index (χ0v) is 31.7. The van der Waals surface area contributed by atoms with E-state index in [9.17, 15) is 15.3 Å². The summed E-state index contributed by atoms with van der Waals surface area (Å²) in [7, 11) is 0. The van der Waals surface area contributed by atoms with Crippen molar-refractivity contribution in [3.63, 3.8) is 0 Å². The minimum Gasteiger partial charge on any atom is 0 e. The van der Waals surface area contributed by atoms with Crippen LogP contribution in [0.5, 0.6) is 0 Å². The molecule has 5 atom stereocenters. The van der Waals surface area contributed by atoms with Crippen LogP contribution in [0.25, 0.3) is 0 Å². The molecule has 0 amide bonds. The van der Waals surface area contributed by atoms with Crippen LogP contribution in [0.3, 0.4) is 0 Å². The van der Waals surface area contributed by atoms with E-state index in [-0.39, 0.29) is 205 Å². The van der Waals surface area contributed by atoms with E-state index >= 15 is 0 Å². The average molecular weight is 1350 g/mol. The van der Waals surface area contributed by atoms with E-state index in [4.69, 9.17) is 9.84 Å². The molecule has 0 bridgehead atoms. The number of aliphatic hydroxyl groups is 4. The maximum Gasteiger partial charge on any atom is 0 e. The number of aliphatic hydroxyl groups excluding tert-OH is 4. The molecular formula is C6H11Ac4AuO5Se. The summed E-state index contributed by atoms with van der Waals surface area (Å²) in [4.78, 5) is 0. The van der Waals surface area contributed by atoms with Crippen molar-refractivity contribution >= 4 is 16.0 Å². The van der Waals surface area contributed by atoms with Gasteiger partial charge in [-0.1, -0.05) is 0 Å². The second kappa shape index (κ2) is 19.2. The Morgan fingerprint density at radius 2 is 1.29 bits per heavy atom. The number of hydrogen-bond donors (Lipinski definition) is 4. The summed E-state index contributed by atoms with van der Waals surface area (Å²) in [5, 5.41) is 35.6. The largest absolute Gasteiger partial charge is 0 e. The molecular weight excluding hydrogens is 1340 g/mol. The van der Waals surface area contributed by atoms with Gasteiger partial charge in [0.05, 0.1) is 0 Å². The van der Waals surface area contributed by atoms with E-state index in [0.29, 0.717) is 0 Å². The summed E-state index contributed by atoms with van der Waals surface area (Å²) in [6.07, 6.45) is -4.51. The molecule has 0 aliphatic carbocycles. The molecule has 1 fully saturated rings. The zero-order chi connectivity index (χ0) is 9.30. The minimum absolute atomic E-state index is 0. The third kappa shape index (κ3) is 11.9. The van der Waals surface area contributed by atoms with Crippen LogP contribution in [0.4, 0.5) is 0 Å². The summed E-state index contributed by atoms with van der Waals surface area (Å²) in [6.45, 7) is -0.386. The van der Waals surface area contributed by atoms with Crippen LogP contribution in [-0.4, -0.2) is 72.5 Å². The van der Waals surface area contributed by atoms with Crippen molar-refractivity contribution in [1.29, 1.82) is 0 Å². The molecule has 5 unspecified atom stereocenters. The van der Waals surface area contributed by atoms with E-state index in [1.165, 1.54) is 0 Å². The van der Waals surface area contributed by atoms with Gasteiger partial charge in [-0.25, -0.2) is 0 Å². The maximum atomic E-state index is 9.22. The Morgan fingerprint density at radius 1 is 0.882 bits per heavy atom. The molecule has 1 rings (SSSR count). The molecule has 4 N–H and O–H groups in total. The molecule has 1 aliphatic heterocycles. The van der Waals surface area contributed by atoms with Crippen LogP contribution in [0.1, 0.15) is 0 Å². The standard InChI is InChI=1S/C6H11O5Se.4Ac.Au/c7-1-2-3(8)4(9)5(10)6(12)11-2;;;;;/h2-10H,1H2;;;;;. The summed E-state index contributed by atoms with van der Waals surface area (Å²) < 4.78 is 4.96. The molecule has 5 nitrogen and oxygen atoms in total. The molecule has 6 radical (unpaired) electrons. The van der Waals surface area contributed by atoms with Gasteiger partial charge in [0, 0.05) is 199 Å². The van der Waals surface area contributed by atoms with E-state index in [1.54, 1.807) is 0 Å². The van der Waals surface area contributed by atoms with Gasteiger partial charge >= 0.3 is 77.2 Å². The molecule has 0 aromatic rings. The smallest absolute Gasteiger partial charge is 0 e. The molecule has 11 heteroatoms. The summed E-state index contributed by atoms with van der Waals surface area (Å²) >= 11 is 2.49. The van der Waals surface area contributed by atoms with Crippen molar-refractivity contribution in [2.24, 2.45) is 0 Å². The molecule has 94 valence electrons. The fourth-order valence-corrected chi connectivity index (χ4v) is 1.70. The monoisotopic (exact) mass is 1350 g/mol. The summed E-state index contributed by atoms with van der Waals surface area (Å²) in [6, 6.07) is 0. The van der Waals surface area contributed by atoms with Crippen molar-refractivity contribution in [3.05, 3.63) is 0 Å². The first-order valence-electron chi connectivity index (χ1n) is 3.54. The van der Waals surface area contributed by atoms with Crippen LogP contribution in [0, 0.1) is 176 Å². The van der Waals surface area contributed by atoms with Gasteiger partial charge in [-0.15, -0.1) is 0 Å². The van der Waals surface area contributed by atoms with Gasteiger partial charge in [-0.05, 0) is 0 Å². The van der Waals surface area contributed by atoms with Crippen molar-refractivity contribution in [2.75, 3.05) is 6.61 Å². The minimum atomic E-state index is -1.28. The second-order valence-electron chi connectivity index (χ2n) is 2.70. The Kier molecular flexibility index (Phi) is 39.5. The Morgan fingerprint density at radius 3 is 1.65 bits per heavy atom. The first kappa shape index (κ1) is 35.0. The number of ether oxygens (including phenoxy) is 1. The van der Waals surface area contributed by atoms with Crippen molar-refractivity contribution in [2.45, 2.75) is 29.4 Å². The maximum absolute atomic E-state index is 9.22. The average Bonchev–Trinajstić information content (AvgIpc) is 2.08. The van der Waals surface area contributed by atoms with Crippen molar-refractivity contribution in [3.8, 4) is 0 Å². The van der Waals surface area contributed by atoms with Gasteiger partial charge in [0.2, 0.25) is 0 Å². The van der Waals surface area contributed by atoms with Gasteiger partial charge < -0.3 is 0 Å². The third-order valence-electron chi connectivity index (χ3n) is 1.85. The van der Waals surface area contributed by atoms with Crippen LogP contribution < -0.4 is 0 Å². The van der Waals surface area contributed by atoms with Crippen LogP contribution in [0.15, 0.2) is 0 Å². The molecule has 0 spiro atoms. The molecule has 17 heavy (non-hydrogen) atoms. The summed E-state index contributed by atoms with van der Waals surface area (Å²) in [5.41, 5.74) is 0. The Hall–Kier alpha value is 6.83. The fourth-order valence-electron chi connectivity index (χ4n) is 1.07. The normalized spacial score (nSPS) is 34.8. The summed E-state index contributed by atoms with van der Waals surface area (Å²) in [5.74, 6) is 0. The van der Waals surface area contributed by atoms with Crippen LogP contribution in [0.2, 0.25) is 0 Å². The third-order valence-corrected chi connectivity index (χ3v) is 2.67.